The van der Waals surface area contributed by atoms with Crippen LogP contribution in [0, 0.1) is 5.82 Å². The van der Waals surface area contributed by atoms with E-state index in [1.54, 1.807) is 24.4 Å². The first-order chi connectivity index (χ1) is 9.88. The van der Waals surface area contributed by atoms with Gasteiger partial charge in [-0.25, -0.2) is 4.39 Å². The van der Waals surface area contributed by atoms with Crippen LogP contribution in [-0.2, 0) is 12.6 Å². The van der Waals surface area contributed by atoms with E-state index in [4.69, 9.17) is 0 Å². The van der Waals surface area contributed by atoms with Crippen LogP contribution < -0.4 is 0 Å². The zero-order chi connectivity index (χ0) is 15.5. The van der Waals surface area contributed by atoms with Crippen molar-refractivity contribution in [3.63, 3.8) is 0 Å². The maximum atomic E-state index is 13.2. The van der Waals surface area contributed by atoms with Crippen molar-refractivity contribution in [2.45, 2.75) is 25.1 Å². The number of hydrogen-bond donors (Lipinski definition) is 1. The number of halogens is 4. The van der Waals surface area contributed by atoms with Crippen molar-refractivity contribution in [2.24, 2.45) is 0 Å². The Labute approximate surface area is 119 Å². The molecule has 1 unspecified atom stereocenters. The fraction of sp³-hybridized carbons (Fsp3) is 0.267. The lowest BCUT2D eigenvalue weighted by atomic mass is 10.0. The van der Waals surface area contributed by atoms with E-state index in [0.29, 0.717) is 12.5 Å². The third kappa shape index (κ3) is 4.01. The molecule has 2 rings (SSSR count). The van der Waals surface area contributed by atoms with Gasteiger partial charge in [0.05, 0.1) is 11.7 Å². The van der Waals surface area contributed by atoms with Gasteiger partial charge < -0.3 is 5.11 Å². The van der Waals surface area contributed by atoms with E-state index in [0.717, 1.165) is 17.8 Å². The van der Waals surface area contributed by atoms with Crippen LogP contribution in [0.2, 0.25) is 0 Å². The van der Waals surface area contributed by atoms with Crippen molar-refractivity contribution < 1.29 is 22.7 Å². The average Bonchev–Trinajstić information content (AvgIpc) is 2.45. The van der Waals surface area contributed by atoms with E-state index in [1.165, 1.54) is 0 Å². The van der Waals surface area contributed by atoms with E-state index in [9.17, 15) is 22.7 Å². The van der Waals surface area contributed by atoms with Gasteiger partial charge in [0.1, 0.15) is 5.82 Å². The standard InChI is InChI=1S/C15H13F4NO/c16-13-6-4-10(9-12(13)15(17,18)19)14(21)7-5-11-3-1-2-8-20-11/h1-4,6,8-9,14,21H,5,7H2. The van der Waals surface area contributed by atoms with Gasteiger partial charge in [0.25, 0.3) is 0 Å². The molecule has 0 spiro atoms. The zero-order valence-corrected chi connectivity index (χ0v) is 10.9. The van der Waals surface area contributed by atoms with Gasteiger partial charge in [-0.3, -0.25) is 4.98 Å². The highest BCUT2D eigenvalue weighted by Gasteiger charge is 2.34. The van der Waals surface area contributed by atoms with Gasteiger partial charge in [0, 0.05) is 11.9 Å². The summed E-state index contributed by atoms with van der Waals surface area (Å²) in [6.07, 6.45) is -3.66. The number of alkyl halides is 3. The Morgan fingerprint density at radius 2 is 1.90 bits per heavy atom. The summed E-state index contributed by atoms with van der Waals surface area (Å²) in [5.74, 6) is -1.34. The van der Waals surface area contributed by atoms with Crippen molar-refractivity contribution in [2.75, 3.05) is 0 Å². The van der Waals surface area contributed by atoms with E-state index in [-0.39, 0.29) is 12.0 Å². The zero-order valence-electron chi connectivity index (χ0n) is 10.9. The highest BCUT2D eigenvalue weighted by Crippen LogP contribution is 2.33. The second-order valence-electron chi connectivity index (χ2n) is 4.61. The molecule has 0 saturated carbocycles. The van der Waals surface area contributed by atoms with E-state index in [2.05, 4.69) is 4.98 Å². The Bertz CT molecular complexity index is 598. The highest BCUT2D eigenvalue weighted by molar-refractivity contribution is 5.28. The fourth-order valence-corrected chi connectivity index (χ4v) is 1.96. The third-order valence-corrected chi connectivity index (χ3v) is 3.08. The largest absolute Gasteiger partial charge is 0.419 e. The van der Waals surface area contributed by atoms with Gasteiger partial charge in [-0.15, -0.1) is 0 Å². The maximum Gasteiger partial charge on any atom is 0.419 e. The number of pyridine rings is 1. The molecule has 0 aliphatic rings. The van der Waals surface area contributed by atoms with Crippen molar-refractivity contribution >= 4 is 0 Å². The number of aliphatic hydroxyl groups excluding tert-OH is 1. The highest BCUT2D eigenvalue weighted by atomic mass is 19.4. The summed E-state index contributed by atoms with van der Waals surface area (Å²) in [6.45, 7) is 0. The van der Waals surface area contributed by atoms with Gasteiger partial charge in [-0.2, -0.15) is 13.2 Å². The number of hydrogen-bond acceptors (Lipinski definition) is 2. The van der Waals surface area contributed by atoms with Gasteiger partial charge in [0.2, 0.25) is 0 Å². The molecule has 2 aromatic rings. The number of benzene rings is 1. The van der Waals surface area contributed by atoms with Gasteiger partial charge >= 0.3 is 6.18 Å². The van der Waals surface area contributed by atoms with Crippen molar-refractivity contribution in [3.05, 3.63) is 65.2 Å². The van der Waals surface area contributed by atoms with E-state index in [1.807, 2.05) is 0 Å². The van der Waals surface area contributed by atoms with Crippen molar-refractivity contribution in [1.29, 1.82) is 0 Å². The first-order valence-corrected chi connectivity index (χ1v) is 6.32. The summed E-state index contributed by atoms with van der Waals surface area (Å²) in [5.41, 5.74) is -0.591. The summed E-state index contributed by atoms with van der Waals surface area (Å²) in [5, 5.41) is 9.95. The molecule has 0 aliphatic carbocycles. The van der Waals surface area contributed by atoms with E-state index >= 15 is 0 Å². The topological polar surface area (TPSA) is 33.1 Å². The number of aryl methyl sites for hydroxylation is 1. The minimum absolute atomic E-state index is 0.0413. The maximum absolute atomic E-state index is 13.2. The molecule has 21 heavy (non-hydrogen) atoms. The molecule has 0 radical (unpaired) electrons. The normalized spacial score (nSPS) is 13.2. The van der Waals surface area contributed by atoms with E-state index < -0.39 is 23.7 Å². The Morgan fingerprint density at radius 1 is 1.14 bits per heavy atom. The Hall–Kier alpha value is -1.95. The second kappa shape index (κ2) is 6.22. The minimum Gasteiger partial charge on any atom is -0.388 e. The van der Waals surface area contributed by atoms with Crippen molar-refractivity contribution in [3.8, 4) is 0 Å². The number of aliphatic hydroxyl groups is 1. The first kappa shape index (κ1) is 15.4. The molecule has 2 nitrogen and oxygen atoms in total. The quantitative estimate of drug-likeness (QED) is 0.868. The van der Waals surface area contributed by atoms with Gasteiger partial charge in [-0.05, 0) is 42.7 Å². The lowest BCUT2D eigenvalue weighted by Crippen LogP contribution is -2.10. The summed E-state index contributed by atoms with van der Waals surface area (Å²) < 4.78 is 51.0. The molecule has 1 N–H and O–H groups in total. The van der Waals surface area contributed by atoms with Crippen LogP contribution in [0.1, 0.15) is 29.3 Å². The molecular formula is C15H13F4NO. The molecular weight excluding hydrogens is 286 g/mol. The fourth-order valence-electron chi connectivity index (χ4n) is 1.96. The molecule has 0 amide bonds. The molecule has 0 aliphatic heterocycles. The Balaban J connectivity index is 2.11. The smallest absolute Gasteiger partial charge is 0.388 e. The van der Waals surface area contributed by atoms with Crippen molar-refractivity contribution in [1.82, 2.24) is 4.98 Å². The monoisotopic (exact) mass is 299 g/mol. The first-order valence-electron chi connectivity index (χ1n) is 6.32. The van der Waals surface area contributed by atoms with Crippen LogP contribution in [0.4, 0.5) is 17.6 Å². The molecule has 1 heterocycles. The molecule has 0 saturated heterocycles. The second-order valence-corrected chi connectivity index (χ2v) is 4.61. The molecule has 112 valence electrons. The third-order valence-electron chi connectivity index (χ3n) is 3.08. The Morgan fingerprint density at radius 3 is 2.52 bits per heavy atom. The number of aromatic nitrogens is 1. The predicted octanol–water partition coefficient (Wildman–Crippen LogP) is 3.91. The molecule has 0 fully saturated rings. The minimum atomic E-state index is -4.78. The molecule has 1 aromatic heterocycles. The van der Waals surface area contributed by atoms with Crippen LogP contribution in [0.3, 0.4) is 0 Å². The van der Waals surface area contributed by atoms with Crippen LogP contribution in [0.25, 0.3) is 0 Å². The van der Waals surface area contributed by atoms with Crippen LogP contribution in [-0.4, -0.2) is 10.1 Å². The lowest BCUT2D eigenvalue weighted by Gasteiger charge is -2.14. The molecule has 1 aromatic carbocycles. The summed E-state index contributed by atoms with van der Waals surface area (Å²) >= 11 is 0. The molecule has 1 atom stereocenters. The molecule has 0 bridgehead atoms. The summed E-state index contributed by atoms with van der Waals surface area (Å²) in [7, 11) is 0. The van der Waals surface area contributed by atoms with Crippen LogP contribution >= 0.6 is 0 Å². The van der Waals surface area contributed by atoms with Crippen LogP contribution in [0.15, 0.2) is 42.6 Å². The lowest BCUT2D eigenvalue weighted by molar-refractivity contribution is -0.140. The predicted molar refractivity (Wildman–Crippen MR) is 68.9 cm³/mol. The SMILES string of the molecule is OC(CCc1ccccn1)c1ccc(F)c(C(F)(F)F)c1. The summed E-state index contributed by atoms with van der Waals surface area (Å²) in [4.78, 5) is 4.06. The summed E-state index contributed by atoms with van der Waals surface area (Å²) in [6, 6.07) is 7.83. The van der Waals surface area contributed by atoms with Gasteiger partial charge in [-0.1, -0.05) is 12.1 Å². The van der Waals surface area contributed by atoms with Crippen LogP contribution in [0.5, 0.6) is 0 Å². The molecule has 6 heteroatoms. The Kier molecular flexibility index (Phi) is 4.57. The average molecular weight is 299 g/mol. The van der Waals surface area contributed by atoms with Gasteiger partial charge in [0.15, 0.2) is 0 Å². The number of rotatable bonds is 4. The number of nitrogens with zero attached hydrogens (tertiary/aromatic N) is 1.